The van der Waals surface area contributed by atoms with Crippen LogP contribution in [0.1, 0.15) is 24.2 Å². The van der Waals surface area contributed by atoms with Crippen LogP contribution in [-0.4, -0.2) is 47.5 Å². The molecule has 0 saturated carbocycles. The predicted octanol–water partition coefficient (Wildman–Crippen LogP) is 3.04. The Labute approximate surface area is 158 Å². The number of aliphatic carboxylic acids is 1. The number of carboxylic acids is 1. The van der Waals surface area contributed by atoms with Crippen molar-refractivity contribution in [3.63, 3.8) is 0 Å². The number of benzene rings is 2. The van der Waals surface area contributed by atoms with Gasteiger partial charge in [0.25, 0.3) is 5.91 Å². The Morgan fingerprint density at radius 3 is 2.30 bits per heavy atom. The summed E-state index contributed by atoms with van der Waals surface area (Å²) in [5.41, 5.74) is 2.64. The number of anilines is 1. The molecule has 2 aromatic carbocycles. The number of nitrogens with one attached hydrogen (secondary N) is 2. The molecular formula is C20H23N3O4. The third-order valence-corrected chi connectivity index (χ3v) is 3.70. The summed E-state index contributed by atoms with van der Waals surface area (Å²) in [7, 11) is 1.45. The number of likely N-dealkylation sites (N-methyl/N-ethyl adjacent to an activating group) is 1. The van der Waals surface area contributed by atoms with E-state index in [-0.39, 0.29) is 24.5 Å². The maximum atomic E-state index is 12.4. The largest absolute Gasteiger partial charge is 0.480 e. The van der Waals surface area contributed by atoms with E-state index in [1.807, 2.05) is 38.1 Å². The molecule has 7 heteroatoms. The summed E-state index contributed by atoms with van der Waals surface area (Å²) in [5.74, 6) is -1.44. The van der Waals surface area contributed by atoms with Crippen LogP contribution in [0.25, 0.3) is 11.1 Å². The number of nitrogens with zero attached hydrogens (tertiary/aromatic N) is 1. The zero-order valence-corrected chi connectivity index (χ0v) is 15.5. The van der Waals surface area contributed by atoms with Gasteiger partial charge in [-0.2, -0.15) is 0 Å². The molecular weight excluding hydrogens is 346 g/mol. The van der Waals surface area contributed by atoms with E-state index in [9.17, 15) is 14.4 Å². The number of amides is 3. The first-order chi connectivity index (χ1) is 12.8. The minimum Gasteiger partial charge on any atom is -0.480 e. The molecule has 7 nitrogen and oxygen atoms in total. The normalized spacial score (nSPS) is 10.4. The second-order valence-electron chi connectivity index (χ2n) is 6.47. The van der Waals surface area contributed by atoms with Crippen molar-refractivity contribution in [2.24, 2.45) is 0 Å². The van der Waals surface area contributed by atoms with Gasteiger partial charge >= 0.3 is 12.0 Å². The molecule has 0 atom stereocenters. The van der Waals surface area contributed by atoms with Crippen LogP contribution in [0.5, 0.6) is 0 Å². The number of carbonyl (C=O) groups is 3. The molecule has 3 amide bonds. The first-order valence-corrected chi connectivity index (χ1v) is 8.51. The molecule has 2 rings (SSSR count). The van der Waals surface area contributed by atoms with Crippen LogP contribution < -0.4 is 10.6 Å². The van der Waals surface area contributed by atoms with Crippen LogP contribution in [0.4, 0.5) is 10.5 Å². The summed E-state index contributed by atoms with van der Waals surface area (Å²) in [6.45, 7) is 3.38. The zero-order chi connectivity index (χ0) is 20.0. The summed E-state index contributed by atoms with van der Waals surface area (Å²) in [6.07, 6.45) is 0. The Bertz CT molecular complexity index is 849. The minimum absolute atomic E-state index is 0.0265. The topological polar surface area (TPSA) is 98.7 Å². The molecule has 0 fully saturated rings. The molecule has 0 aliphatic heterocycles. The van der Waals surface area contributed by atoms with Gasteiger partial charge in [0, 0.05) is 24.3 Å². The molecule has 0 aliphatic rings. The van der Waals surface area contributed by atoms with E-state index in [2.05, 4.69) is 10.6 Å². The highest BCUT2D eigenvalue weighted by Gasteiger charge is 2.15. The van der Waals surface area contributed by atoms with Crippen LogP contribution in [0, 0.1) is 0 Å². The lowest BCUT2D eigenvalue weighted by Gasteiger charge is -2.15. The van der Waals surface area contributed by atoms with E-state index < -0.39 is 5.97 Å². The molecule has 2 aromatic rings. The quantitative estimate of drug-likeness (QED) is 0.729. The zero-order valence-electron chi connectivity index (χ0n) is 15.5. The third kappa shape index (κ3) is 5.85. The van der Waals surface area contributed by atoms with Crippen LogP contribution in [0.2, 0.25) is 0 Å². The molecule has 0 aliphatic carbocycles. The molecule has 0 radical (unpaired) electrons. The molecule has 0 saturated heterocycles. The second-order valence-corrected chi connectivity index (χ2v) is 6.47. The Morgan fingerprint density at radius 2 is 1.67 bits per heavy atom. The van der Waals surface area contributed by atoms with E-state index in [1.54, 1.807) is 24.3 Å². The van der Waals surface area contributed by atoms with Gasteiger partial charge in [-0.05, 0) is 49.2 Å². The van der Waals surface area contributed by atoms with Crippen molar-refractivity contribution in [3.05, 3.63) is 54.1 Å². The monoisotopic (exact) mass is 369 g/mol. The fourth-order valence-electron chi connectivity index (χ4n) is 2.53. The summed E-state index contributed by atoms with van der Waals surface area (Å²) >= 11 is 0. The van der Waals surface area contributed by atoms with Crippen LogP contribution in [0.3, 0.4) is 0 Å². The average Bonchev–Trinajstić information content (AvgIpc) is 2.60. The lowest BCUT2D eigenvalue weighted by atomic mass is 10.0. The molecule has 0 heterocycles. The Morgan fingerprint density at radius 1 is 1.04 bits per heavy atom. The fraction of sp³-hybridized carbons (Fsp3) is 0.250. The Kier molecular flexibility index (Phi) is 6.54. The van der Waals surface area contributed by atoms with E-state index in [0.717, 1.165) is 16.0 Å². The van der Waals surface area contributed by atoms with E-state index in [0.29, 0.717) is 11.3 Å². The van der Waals surface area contributed by atoms with Gasteiger partial charge in [0.15, 0.2) is 0 Å². The van der Waals surface area contributed by atoms with Crippen LogP contribution >= 0.6 is 0 Å². The highest BCUT2D eigenvalue weighted by atomic mass is 16.4. The molecule has 3 N–H and O–H groups in total. The SMILES string of the molecule is CC(C)NC(=O)Nc1cccc(-c2cccc(C(=O)N(C)CC(=O)O)c2)c1. The summed E-state index contributed by atoms with van der Waals surface area (Å²) in [4.78, 5) is 36.2. The van der Waals surface area contributed by atoms with E-state index in [4.69, 9.17) is 5.11 Å². The van der Waals surface area contributed by atoms with Gasteiger partial charge < -0.3 is 20.6 Å². The van der Waals surface area contributed by atoms with Gasteiger partial charge in [-0.15, -0.1) is 0 Å². The van der Waals surface area contributed by atoms with Gasteiger partial charge in [-0.1, -0.05) is 24.3 Å². The predicted molar refractivity (Wildman–Crippen MR) is 104 cm³/mol. The molecule has 27 heavy (non-hydrogen) atoms. The fourth-order valence-corrected chi connectivity index (χ4v) is 2.53. The second kappa shape index (κ2) is 8.84. The first kappa shape index (κ1) is 20.0. The molecule has 142 valence electrons. The number of rotatable bonds is 6. The molecule has 0 bridgehead atoms. The maximum Gasteiger partial charge on any atom is 0.323 e. The molecule has 0 spiro atoms. The van der Waals surface area contributed by atoms with Crippen molar-refractivity contribution in [1.29, 1.82) is 0 Å². The third-order valence-electron chi connectivity index (χ3n) is 3.70. The number of carboxylic acid groups (broad SMARTS) is 1. The van der Waals surface area contributed by atoms with Crippen molar-refractivity contribution in [3.8, 4) is 11.1 Å². The van der Waals surface area contributed by atoms with Crippen LogP contribution in [0.15, 0.2) is 48.5 Å². The molecule has 0 unspecified atom stereocenters. The lowest BCUT2D eigenvalue weighted by Crippen LogP contribution is -2.34. The number of carbonyl (C=O) groups excluding carboxylic acids is 2. The first-order valence-electron chi connectivity index (χ1n) is 8.51. The van der Waals surface area contributed by atoms with Gasteiger partial charge in [0.05, 0.1) is 0 Å². The number of hydrogen-bond donors (Lipinski definition) is 3. The highest BCUT2D eigenvalue weighted by Crippen LogP contribution is 2.24. The van der Waals surface area contributed by atoms with Crippen molar-refractivity contribution in [2.75, 3.05) is 18.9 Å². The molecule has 0 aromatic heterocycles. The summed E-state index contributed by atoms with van der Waals surface area (Å²) < 4.78 is 0. The van der Waals surface area contributed by atoms with Crippen LogP contribution in [-0.2, 0) is 4.79 Å². The lowest BCUT2D eigenvalue weighted by molar-refractivity contribution is -0.137. The summed E-state index contributed by atoms with van der Waals surface area (Å²) in [6, 6.07) is 13.9. The maximum absolute atomic E-state index is 12.4. The van der Waals surface area contributed by atoms with Gasteiger partial charge in [-0.3, -0.25) is 9.59 Å². The summed E-state index contributed by atoms with van der Waals surface area (Å²) in [5, 5.41) is 14.4. The van der Waals surface area contributed by atoms with Gasteiger partial charge in [0.2, 0.25) is 0 Å². The average molecular weight is 369 g/mol. The number of hydrogen-bond acceptors (Lipinski definition) is 3. The Hall–Kier alpha value is -3.35. The van der Waals surface area contributed by atoms with E-state index >= 15 is 0 Å². The highest BCUT2D eigenvalue weighted by molar-refractivity contribution is 5.97. The standard InChI is InChI=1S/C20H23N3O4/c1-13(2)21-20(27)22-17-9-5-7-15(11-17)14-6-4-8-16(10-14)19(26)23(3)12-18(24)25/h4-11,13H,12H2,1-3H3,(H,24,25)(H2,21,22,27). The minimum atomic E-state index is -1.07. The number of urea groups is 1. The Balaban J connectivity index is 2.21. The van der Waals surface area contributed by atoms with Gasteiger partial charge in [0.1, 0.15) is 6.54 Å². The van der Waals surface area contributed by atoms with Gasteiger partial charge in [-0.25, -0.2) is 4.79 Å². The van der Waals surface area contributed by atoms with Crippen molar-refractivity contribution >= 4 is 23.6 Å². The van der Waals surface area contributed by atoms with Crippen molar-refractivity contribution in [1.82, 2.24) is 10.2 Å². The van der Waals surface area contributed by atoms with Crippen molar-refractivity contribution in [2.45, 2.75) is 19.9 Å². The smallest absolute Gasteiger partial charge is 0.323 e. The van der Waals surface area contributed by atoms with Crippen molar-refractivity contribution < 1.29 is 19.5 Å². The van der Waals surface area contributed by atoms with E-state index in [1.165, 1.54) is 7.05 Å².